The second kappa shape index (κ2) is 12.0. The summed E-state index contributed by atoms with van der Waals surface area (Å²) >= 11 is 0. The highest BCUT2D eigenvalue weighted by Crippen LogP contribution is 2.21. The zero-order chi connectivity index (χ0) is 21.8. The first-order valence-electron chi connectivity index (χ1n) is 9.48. The number of aromatic nitrogens is 1. The van der Waals surface area contributed by atoms with Crippen LogP contribution in [-0.4, -0.2) is 24.1 Å². The first-order valence-corrected chi connectivity index (χ1v) is 9.48. The number of nitrogens with zero attached hydrogens (tertiary/aromatic N) is 2. The monoisotopic (exact) mass is 403 g/mol. The molecule has 0 unspecified atom stereocenters. The minimum Gasteiger partial charge on any atom is -0.469 e. The SMILES string of the molecule is COC(=O)C[C@@H](C)NOc1ccc(-c2cccnc2)cc1.Cc1cccc(C#N)c1. The van der Waals surface area contributed by atoms with E-state index < -0.39 is 0 Å². The summed E-state index contributed by atoms with van der Waals surface area (Å²) in [6.07, 6.45) is 3.81. The summed E-state index contributed by atoms with van der Waals surface area (Å²) in [5, 5.41) is 8.41. The first kappa shape index (κ1) is 22.6. The predicted molar refractivity (Wildman–Crippen MR) is 115 cm³/mol. The molecule has 0 spiro atoms. The second-order valence-corrected chi connectivity index (χ2v) is 6.65. The maximum absolute atomic E-state index is 11.1. The summed E-state index contributed by atoms with van der Waals surface area (Å²) in [5.74, 6) is 0.407. The molecule has 1 N–H and O–H groups in total. The molecule has 30 heavy (non-hydrogen) atoms. The Balaban J connectivity index is 0.000000297. The van der Waals surface area contributed by atoms with Crippen LogP contribution in [0.5, 0.6) is 5.75 Å². The van der Waals surface area contributed by atoms with Gasteiger partial charge in [-0.25, -0.2) is 0 Å². The number of hydroxylamine groups is 1. The van der Waals surface area contributed by atoms with Gasteiger partial charge in [-0.1, -0.05) is 30.3 Å². The summed E-state index contributed by atoms with van der Waals surface area (Å²) in [6.45, 7) is 3.82. The summed E-state index contributed by atoms with van der Waals surface area (Å²) in [5.41, 5.74) is 6.79. The van der Waals surface area contributed by atoms with Crippen molar-refractivity contribution in [2.45, 2.75) is 26.3 Å². The van der Waals surface area contributed by atoms with E-state index in [4.69, 9.17) is 10.1 Å². The molecule has 0 fully saturated rings. The van der Waals surface area contributed by atoms with Crippen LogP contribution in [0.3, 0.4) is 0 Å². The Morgan fingerprint density at radius 2 is 1.90 bits per heavy atom. The van der Waals surface area contributed by atoms with Crippen LogP contribution >= 0.6 is 0 Å². The van der Waals surface area contributed by atoms with E-state index in [9.17, 15) is 4.79 Å². The Morgan fingerprint density at radius 3 is 2.47 bits per heavy atom. The lowest BCUT2D eigenvalue weighted by molar-refractivity contribution is -0.141. The normalized spacial score (nSPS) is 10.7. The molecule has 0 bridgehead atoms. The number of carbonyl (C=O) groups excluding carboxylic acids is 1. The smallest absolute Gasteiger partial charge is 0.307 e. The van der Waals surface area contributed by atoms with Crippen LogP contribution < -0.4 is 10.3 Å². The van der Waals surface area contributed by atoms with E-state index in [0.717, 1.165) is 22.3 Å². The number of hydrogen-bond donors (Lipinski definition) is 1. The number of nitrogens with one attached hydrogen (secondary N) is 1. The van der Waals surface area contributed by atoms with Crippen LogP contribution in [0.4, 0.5) is 0 Å². The molecule has 0 aliphatic heterocycles. The molecule has 0 amide bonds. The standard InChI is InChI=1S/C16H18N2O3.C8H7N/c1-12(10-16(19)20-2)18-21-15-7-5-13(6-8-15)14-4-3-9-17-11-14;1-7-3-2-4-8(5-7)6-9/h3-9,11-12,18H,10H2,1-2H3;2-5H,1H3/t12-;/m1./s1. The van der Waals surface area contributed by atoms with Crippen molar-refractivity contribution in [1.29, 1.82) is 5.26 Å². The lowest BCUT2D eigenvalue weighted by Crippen LogP contribution is -2.31. The quantitative estimate of drug-likeness (QED) is 0.483. The number of methoxy groups -OCH3 is 1. The van der Waals surface area contributed by atoms with Gasteiger partial charge in [0.1, 0.15) is 5.75 Å². The molecule has 0 saturated heterocycles. The number of hydrogen-bond acceptors (Lipinski definition) is 6. The second-order valence-electron chi connectivity index (χ2n) is 6.65. The van der Waals surface area contributed by atoms with Crippen LogP contribution in [0.25, 0.3) is 11.1 Å². The van der Waals surface area contributed by atoms with Gasteiger partial charge in [0.2, 0.25) is 0 Å². The van der Waals surface area contributed by atoms with E-state index in [0.29, 0.717) is 5.75 Å². The van der Waals surface area contributed by atoms with Crippen molar-refractivity contribution in [1.82, 2.24) is 10.5 Å². The van der Waals surface area contributed by atoms with Crippen molar-refractivity contribution in [2.75, 3.05) is 7.11 Å². The molecule has 0 saturated carbocycles. The Labute approximate surface area is 177 Å². The van der Waals surface area contributed by atoms with Gasteiger partial charge in [-0.2, -0.15) is 10.7 Å². The highest BCUT2D eigenvalue weighted by molar-refractivity contribution is 5.69. The zero-order valence-corrected chi connectivity index (χ0v) is 17.3. The molecule has 3 rings (SSSR count). The highest BCUT2D eigenvalue weighted by Gasteiger charge is 2.09. The molecule has 6 heteroatoms. The molecule has 1 atom stereocenters. The molecule has 154 valence electrons. The minimum atomic E-state index is -0.273. The van der Waals surface area contributed by atoms with E-state index in [1.165, 1.54) is 7.11 Å². The molecule has 2 aromatic carbocycles. The minimum absolute atomic E-state index is 0.129. The van der Waals surface area contributed by atoms with E-state index in [1.54, 1.807) is 12.3 Å². The maximum atomic E-state index is 11.1. The Bertz CT molecular complexity index is 967. The number of nitriles is 1. The molecule has 1 aromatic heterocycles. The van der Waals surface area contributed by atoms with Gasteiger partial charge in [-0.15, -0.1) is 0 Å². The average Bonchev–Trinajstić information content (AvgIpc) is 2.79. The molecule has 3 aromatic rings. The van der Waals surface area contributed by atoms with E-state index in [1.807, 2.05) is 74.6 Å². The van der Waals surface area contributed by atoms with Crippen molar-refractivity contribution in [3.63, 3.8) is 0 Å². The summed E-state index contributed by atoms with van der Waals surface area (Å²) in [6, 6.07) is 21.0. The first-order chi connectivity index (χ1) is 14.5. The van der Waals surface area contributed by atoms with Crippen LogP contribution in [0, 0.1) is 18.3 Å². The van der Waals surface area contributed by atoms with E-state index in [-0.39, 0.29) is 18.4 Å². The molecule has 1 heterocycles. The number of aryl methyl sites for hydroxylation is 1. The van der Waals surface area contributed by atoms with Crippen molar-refractivity contribution in [3.05, 3.63) is 84.2 Å². The fraction of sp³-hybridized carbons (Fsp3) is 0.208. The largest absolute Gasteiger partial charge is 0.469 e. The number of rotatable bonds is 6. The van der Waals surface area contributed by atoms with Crippen molar-refractivity contribution < 1.29 is 14.4 Å². The number of pyridine rings is 1. The van der Waals surface area contributed by atoms with Gasteiger partial charge in [0.15, 0.2) is 0 Å². The number of carbonyl (C=O) groups is 1. The third-order valence-electron chi connectivity index (χ3n) is 4.07. The van der Waals surface area contributed by atoms with E-state index in [2.05, 4.69) is 21.3 Å². The molecule has 0 radical (unpaired) electrons. The molecular weight excluding hydrogens is 378 g/mol. The fourth-order valence-corrected chi connectivity index (χ4v) is 2.51. The van der Waals surface area contributed by atoms with Gasteiger partial charge in [0, 0.05) is 12.4 Å². The third kappa shape index (κ3) is 7.74. The average molecular weight is 403 g/mol. The molecule has 0 aliphatic rings. The topological polar surface area (TPSA) is 84.2 Å². The number of ether oxygens (including phenoxy) is 1. The van der Waals surface area contributed by atoms with E-state index >= 15 is 0 Å². The van der Waals surface area contributed by atoms with Gasteiger partial charge in [0.05, 0.1) is 31.2 Å². The summed E-state index contributed by atoms with van der Waals surface area (Å²) in [7, 11) is 1.37. The number of esters is 1. The summed E-state index contributed by atoms with van der Waals surface area (Å²) < 4.78 is 4.60. The lowest BCUT2D eigenvalue weighted by atomic mass is 10.1. The maximum Gasteiger partial charge on any atom is 0.307 e. The third-order valence-corrected chi connectivity index (χ3v) is 4.07. The zero-order valence-electron chi connectivity index (χ0n) is 17.3. The van der Waals surface area contributed by atoms with Gasteiger partial charge < -0.3 is 9.57 Å². The fourth-order valence-electron chi connectivity index (χ4n) is 2.51. The van der Waals surface area contributed by atoms with Crippen molar-refractivity contribution >= 4 is 5.97 Å². The molecule has 6 nitrogen and oxygen atoms in total. The van der Waals surface area contributed by atoms with Crippen molar-refractivity contribution in [3.8, 4) is 22.9 Å². The van der Waals surface area contributed by atoms with Crippen LogP contribution in [-0.2, 0) is 9.53 Å². The van der Waals surface area contributed by atoms with Crippen LogP contribution in [0.15, 0.2) is 73.1 Å². The van der Waals surface area contributed by atoms with Gasteiger partial charge >= 0.3 is 5.97 Å². The van der Waals surface area contributed by atoms with Gasteiger partial charge in [-0.3, -0.25) is 9.78 Å². The van der Waals surface area contributed by atoms with Crippen LogP contribution in [0.2, 0.25) is 0 Å². The van der Waals surface area contributed by atoms with Gasteiger partial charge in [-0.05, 0) is 60.9 Å². The lowest BCUT2D eigenvalue weighted by Gasteiger charge is -2.13. The number of benzene rings is 2. The Hall–Kier alpha value is -3.69. The Morgan fingerprint density at radius 1 is 1.13 bits per heavy atom. The summed E-state index contributed by atoms with van der Waals surface area (Å²) in [4.78, 5) is 20.6. The van der Waals surface area contributed by atoms with Crippen molar-refractivity contribution in [2.24, 2.45) is 0 Å². The Kier molecular flexibility index (Phi) is 9.04. The predicted octanol–water partition coefficient (Wildman–Crippen LogP) is 4.45. The molecular formula is C24H25N3O3. The molecule has 0 aliphatic carbocycles. The highest BCUT2D eigenvalue weighted by atomic mass is 16.6. The van der Waals surface area contributed by atoms with Gasteiger partial charge in [0.25, 0.3) is 0 Å². The van der Waals surface area contributed by atoms with Crippen LogP contribution in [0.1, 0.15) is 24.5 Å².